The van der Waals surface area contributed by atoms with Crippen LogP contribution in [0, 0.1) is 5.92 Å². The highest BCUT2D eigenvalue weighted by Crippen LogP contribution is 2.29. The van der Waals surface area contributed by atoms with Crippen LogP contribution in [0.15, 0.2) is 18.2 Å². The van der Waals surface area contributed by atoms with Crippen LogP contribution in [0.5, 0.6) is 11.5 Å². The number of benzene rings is 1. The van der Waals surface area contributed by atoms with Crippen LogP contribution in [0.4, 0.5) is 4.79 Å². The zero-order valence-corrected chi connectivity index (χ0v) is 15.9. The molecule has 1 aliphatic rings. The van der Waals surface area contributed by atoms with Crippen molar-refractivity contribution in [3.8, 4) is 11.5 Å². The standard InChI is InChI=1S/C19H26N2O6/c1-4-25-16-9-13(5-8-15(16)26-10-12(2)3)18(23)27-11-17(22)21-19(24)20-14-6-7-14/h5,8-9,12,14H,4,6-7,10-11H2,1-3H3,(H2,20,21,22,24). The Hall–Kier alpha value is -2.77. The zero-order valence-electron chi connectivity index (χ0n) is 15.9. The molecule has 1 aliphatic carbocycles. The van der Waals surface area contributed by atoms with Gasteiger partial charge in [-0.3, -0.25) is 10.1 Å². The Balaban J connectivity index is 1.89. The summed E-state index contributed by atoms with van der Waals surface area (Å²) < 4.78 is 16.2. The molecule has 0 atom stereocenters. The Kier molecular flexibility index (Phi) is 7.45. The number of ether oxygens (including phenoxy) is 3. The van der Waals surface area contributed by atoms with Crippen molar-refractivity contribution >= 4 is 17.9 Å². The summed E-state index contributed by atoms with van der Waals surface area (Å²) >= 11 is 0. The lowest BCUT2D eigenvalue weighted by molar-refractivity contribution is -0.123. The van der Waals surface area contributed by atoms with Crippen molar-refractivity contribution in [3.05, 3.63) is 23.8 Å². The predicted octanol–water partition coefficient (Wildman–Crippen LogP) is 2.27. The maximum absolute atomic E-state index is 12.2. The molecular formula is C19H26N2O6. The maximum atomic E-state index is 12.2. The molecule has 27 heavy (non-hydrogen) atoms. The van der Waals surface area contributed by atoms with E-state index in [2.05, 4.69) is 10.6 Å². The molecule has 8 nitrogen and oxygen atoms in total. The van der Waals surface area contributed by atoms with Crippen LogP contribution in [0.3, 0.4) is 0 Å². The van der Waals surface area contributed by atoms with E-state index in [0.29, 0.717) is 30.6 Å². The molecule has 0 bridgehead atoms. The van der Waals surface area contributed by atoms with Gasteiger partial charge in [-0.1, -0.05) is 13.8 Å². The van der Waals surface area contributed by atoms with Gasteiger partial charge in [-0.05, 0) is 43.9 Å². The smallest absolute Gasteiger partial charge is 0.338 e. The van der Waals surface area contributed by atoms with Gasteiger partial charge in [0.15, 0.2) is 18.1 Å². The predicted molar refractivity (Wildman–Crippen MR) is 97.9 cm³/mol. The lowest BCUT2D eigenvalue weighted by Gasteiger charge is -2.14. The summed E-state index contributed by atoms with van der Waals surface area (Å²) in [6, 6.07) is 4.24. The molecule has 0 aliphatic heterocycles. The van der Waals surface area contributed by atoms with E-state index in [0.717, 1.165) is 12.8 Å². The molecule has 1 fully saturated rings. The van der Waals surface area contributed by atoms with Gasteiger partial charge >= 0.3 is 12.0 Å². The van der Waals surface area contributed by atoms with Crippen molar-refractivity contribution in [2.75, 3.05) is 19.8 Å². The van der Waals surface area contributed by atoms with Gasteiger partial charge in [0.1, 0.15) is 0 Å². The molecule has 3 amide bonds. The molecule has 1 aromatic rings. The number of amides is 3. The fraction of sp³-hybridized carbons (Fsp3) is 0.526. The Morgan fingerprint density at radius 1 is 1.15 bits per heavy atom. The van der Waals surface area contributed by atoms with Crippen molar-refractivity contribution < 1.29 is 28.6 Å². The number of hydrogen-bond acceptors (Lipinski definition) is 6. The first-order valence-corrected chi connectivity index (χ1v) is 9.06. The number of carbonyl (C=O) groups excluding carboxylic acids is 3. The summed E-state index contributed by atoms with van der Waals surface area (Å²) in [6.45, 7) is 6.27. The molecule has 0 aromatic heterocycles. The highest BCUT2D eigenvalue weighted by molar-refractivity contribution is 5.97. The van der Waals surface area contributed by atoms with Crippen LogP contribution in [-0.2, 0) is 9.53 Å². The maximum Gasteiger partial charge on any atom is 0.338 e. The normalized spacial score (nSPS) is 13.0. The molecule has 0 saturated heterocycles. The van der Waals surface area contributed by atoms with Gasteiger partial charge in [-0.15, -0.1) is 0 Å². The SMILES string of the molecule is CCOc1cc(C(=O)OCC(=O)NC(=O)NC2CC2)ccc1OCC(C)C. The van der Waals surface area contributed by atoms with E-state index in [1.165, 1.54) is 12.1 Å². The van der Waals surface area contributed by atoms with E-state index >= 15 is 0 Å². The van der Waals surface area contributed by atoms with Gasteiger partial charge < -0.3 is 19.5 Å². The van der Waals surface area contributed by atoms with Crippen LogP contribution in [0.25, 0.3) is 0 Å². The highest BCUT2D eigenvalue weighted by Gasteiger charge is 2.24. The molecule has 8 heteroatoms. The van der Waals surface area contributed by atoms with E-state index < -0.39 is 24.5 Å². The van der Waals surface area contributed by atoms with E-state index in [1.54, 1.807) is 6.07 Å². The van der Waals surface area contributed by atoms with Crippen molar-refractivity contribution in [2.24, 2.45) is 5.92 Å². The number of imide groups is 1. The molecule has 0 unspecified atom stereocenters. The average molecular weight is 378 g/mol. The largest absolute Gasteiger partial charge is 0.490 e. The minimum absolute atomic E-state index is 0.133. The van der Waals surface area contributed by atoms with Crippen molar-refractivity contribution in [1.82, 2.24) is 10.6 Å². The summed E-state index contributed by atoms with van der Waals surface area (Å²) in [6.07, 6.45) is 1.82. The highest BCUT2D eigenvalue weighted by atomic mass is 16.5. The van der Waals surface area contributed by atoms with Gasteiger partial charge in [-0.25, -0.2) is 9.59 Å². The van der Waals surface area contributed by atoms with Crippen molar-refractivity contribution in [2.45, 2.75) is 39.7 Å². The van der Waals surface area contributed by atoms with Gasteiger partial charge in [-0.2, -0.15) is 0 Å². The van der Waals surface area contributed by atoms with E-state index in [1.807, 2.05) is 20.8 Å². The first-order chi connectivity index (χ1) is 12.9. The molecule has 1 aromatic carbocycles. The van der Waals surface area contributed by atoms with E-state index in [-0.39, 0.29) is 11.6 Å². The number of nitrogens with one attached hydrogen (secondary N) is 2. The third-order valence-electron chi connectivity index (χ3n) is 3.55. The number of carbonyl (C=O) groups is 3. The van der Waals surface area contributed by atoms with E-state index in [9.17, 15) is 14.4 Å². The Bertz CT molecular complexity index is 685. The quantitative estimate of drug-likeness (QED) is 0.639. The number of rotatable bonds is 9. The minimum atomic E-state index is -0.691. The molecule has 2 rings (SSSR count). The average Bonchev–Trinajstić information content (AvgIpc) is 3.42. The summed E-state index contributed by atoms with van der Waals surface area (Å²) in [4.78, 5) is 35.3. The molecule has 0 radical (unpaired) electrons. The summed E-state index contributed by atoms with van der Waals surface area (Å²) in [5.41, 5.74) is 0.227. The number of urea groups is 1. The topological polar surface area (TPSA) is 103 Å². The summed E-state index contributed by atoms with van der Waals surface area (Å²) in [5, 5.41) is 4.73. The second-order valence-electron chi connectivity index (χ2n) is 6.67. The van der Waals surface area contributed by atoms with Crippen molar-refractivity contribution in [1.29, 1.82) is 0 Å². The van der Waals surface area contributed by atoms with Gasteiger partial charge in [0, 0.05) is 6.04 Å². The second-order valence-corrected chi connectivity index (χ2v) is 6.67. The van der Waals surface area contributed by atoms with Crippen LogP contribution < -0.4 is 20.1 Å². The lowest BCUT2D eigenvalue weighted by Crippen LogP contribution is -2.42. The Morgan fingerprint density at radius 3 is 2.52 bits per heavy atom. The minimum Gasteiger partial charge on any atom is -0.490 e. The summed E-state index contributed by atoms with van der Waals surface area (Å²) in [7, 11) is 0. The summed E-state index contributed by atoms with van der Waals surface area (Å²) in [5.74, 6) is -0.0651. The van der Waals surface area contributed by atoms with Gasteiger partial charge in [0.2, 0.25) is 0 Å². The van der Waals surface area contributed by atoms with E-state index in [4.69, 9.17) is 14.2 Å². The Labute approximate surface area is 158 Å². The molecular weight excluding hydrogens is 352 g/mol. The zero-order chi connectivity index (χ0) is 19.8. The van der Waals surface area contributed by atoms with Crippen molar-refractivity contribution in [3.63, 3.8) is 0 Å². The van der Waals surface area contributed by atoms with Gasteiger partial charge in [0.25, 0.3) is 5.91 Å². The molecule has 0 spiro atoms. The third-order valence-corrected chi connectivity index (χ3v) is 3.55. The Morgan fingerprint density at radius 2 is 1.89 bits per heavy atom. The fourth-order valence-corrected chi connectivity index (χ4v) is 2.11. The first kappa shape index (κ1) is 20.5. The second kappa shape index (κ2) is 9.80. The van der Waals surface area contributed by atoms with Crippen LogP contribution in [0.1, 0.15) is 44.0 Å². The first-order valence-electron chi connectivity index (χ1n) is 9.06. The third kappa shape index (κ3) is 7.16. The lowest BCUT2D eigenvalue weighted by atomic mass is 10.2. The fourth-order valence-electron chi connectivity index (χ4n) is 2.11. The van der Waals surface area contributed by atoms with Crippen LogP contribution in [0.2, 0.25) is 0 Å². The molecule has 1 saturated carbocycles. The number of hydrogen-bond donors (Lipinski definition) is 2. The van der Waals surface area contributed by atoms with Crippen LogP contribution >= 0.6 is 0 Å². The molecule has 2 N–H and O–H groups in total. The van der Waals surface area contributed by atoms with Crippen LogP contribution in [-0.4, -0.2) is 43.8 Å². The molecule has 0 heterocycles. The monoisotopic (exact) mass is 378 g/mol. The molecule has 148 valence electrons. The number of esters is 1. The van der Waals surface area contributed by atoms with Gasteiger partial charge in [0.05, 0.1) is 18.8 Å².